The minimum absolute atomic E-state index is 0.0677. The van der Waals surface area contributed by atoms with Crippen molar-refractivity contribution < 1.29 is 24.1 Å². The second kappa shape index (κ2) is 9.98. The number of H-pyrrole nitrogens is 1. The van der Waals surface area contributed by atoms with Crippen LogP contribution in [0.4, 0.5) is 0 Å². The van der Waals surface area contributed by atoms with Gasteiger partial charge < -0.3 is 24.3 Å². The highest BCUT2D eigenvalue weighted by Crippen LogP contribution is 2.19. The third-order valence-corrected chi connectivity index (χ3v) is 4.25. The number of nitriles is 1. The van der Waals surface area contributed by atoms with Gasteiger partial charge in [-0.3, -0.25) is 4.79 Å². The molecule has 0 saturated heterocycles. The molecule has 8 heteroatoms. The molecule has 0 aliphatic rings. The first-order valence-corrected chi connectivity index (χ1v) is 9.30. The summed E-state index contributed by atoms with van der Waals surface area (Å²) in [5, 5.41) is 19.5. The van der Waals surface area contributed by atoms with Crippen molar-refractivity contribution >= 4 is 22.6 Å². The van der Waals surface area contributed by atoms with Crippen molar-refractivity contribution in [1.29, 1.82) is 5.26 Å². The Hall–Kier alpha value is -3.99. The summed E-state index contributed by atoms with van der Waals surface area (Å²) in [5.41, 5.74) is 1.34. The molecular formula is C22H21N3O5. The summed E-state index contributed by atoms with van der Waals surface area (Å²) in [4.78, 5) is 19.1. The summed E-state index contributed by atoms with van der Waals surface area (Å²) in [6.45, 7) is -0.0657. The molecule has 0 atom stereocenters. The molecule has 0 fully saturated rings. The van der Waals surface area contributed by atoms with Crippen molar-refractivity contribution in [3.8, 4) is 17.6 Å². The van der Waals surface area contributed by atoms with Crippen molar-refractivity contribution in [3.05, 3.63) is 60.1 Å². The molecule has 30 heavy (non-hydrogen) atoms. The molecule has 0 aliphatic heterocycles. The average molecular weight is 407 g/mol. The normalized spacial score (nSPS) is 11.5. The number of carbonyl (C=O) groups is 1. The molecule has 0 spiro atoms. The maximum absolute atomic E-state index is 11.9. The fraction of sp³-hybridized carbons (Fsp3) is 0.227. The second-order valence-corrected chi connectivity index (χ2v) is 6.32. The number of hydrogen-bond acceptors (Lipinski definition) is 7. The van der Waals surface area contributed by atoms with Crippen LogP contribution in [-0.2, 0) is 9.53 Å². The van der Waals surface area contributed by atoms with Crippen LogP contribution in [-0.4, -0.2) is 41.4 Å². The molecule has 0 aliphatic carbocycles. The summed E-state index contributed by atoms with van der Waals surface area (Å²) in [6.07, 6.45) is 0.569. The number of methoxy groups -OCH3 is 1. The van der Waals surface area contributed by atoms with Gasteiger partial charge in [-0.05, 0) is 42.8 Å². The van der Waals surface area contributed by atoms with E-state index in [2.05, 4.69) is 9.97 Å². The fourth-order valence-electron chi connectivity index (χ4n) is 2.70. The maximum Gasteiger partial charge on any atom is 0.306 e. The molecule has 3 aromatic rings. The fourth-order valence-corrected chi connectivity index (χ4v) is 2.70. The van der Waals surface area contributed by atoms with Crippen molar-refractivity contribution in [2.24, 2.45) is 0 Å². The Morgan fingerprint density at radius 3 is 2.60 bits per heavy atom. The van der Waals surface area contributed by atoms with E-state index in [1.54, 1.807) is 37.4 Å². The maximum atomic E-state index is 11.9. The second-order valence-electron chi connectivity index (χ2n) is 6.32. The molecule has 3 rings (SSSR count). The number of carbonyl (C=O) groups excluding carboxylic acids is 1. The molecule has 2 N–H and O–H groups in total. The number of ether oxygens (including phenoxy) is 3. The number of aromatic amines is 1. The Balaban J connectivity index is 1.47. The van der Waals surface area contributed by atoms with Gasteiger partial charge in [0.15, 0.2) is 11.6 Å². The lowest BCUT2D eigenvalue weighted by Crippen LogP contribution is -2.10. The number of aromatic nitrogens is 2. The topological polar surface area (TPSA) is 117 Å². The van der Waals surface area contributed by atoms with Crippen LogP contribution in [0.15, 0.2) is 54.3 Å². The lowest BCUT2D eigenvalue weighted by atomic mass is 10.2. The number of nitrogens with one attached hydrogen (secondary N) is 1. The number of rotatable bonds is 9. The van der Waals surface area contributed by atoms with E-state index in [-0.39, 0.29) is 23.6 Å². The van der Waals surface area contributed by atoms with E-state index >= 15 is 0 Å². The number of para-hydroxylation sites is 2. The van der Waals surface area contributed by atoms with Gasteiger partial charge >= 0.3 is 5.97 Å². The number of aliphatic hydroxyl groups is 1. The van der Waals surface area contributed by atoms with Crippen molar-refractivity contribution in [2.75, 3.05) is 20.3 Å². The highest BCUT2D eigenvalue weighted by Gasteiger charge is 2.15. The SMILES string of the molecule is COc1ccc(OCCCC(=O)OCC(O)=C(C#N)c2nc3ccccc3[nH]2)cc1. The van der Waals surface area contributed by atoms with Crippen molar-refractivity contribution in [3.63, 3.8) is 0 Å². The predicted octanol–water partition coefficient (Wildman–Crippen LogP) is 3.77. The van der Waals surface area contributed by atoms with E-state index < -0.39 is 12.6 Å². The van der Waals surface area contributed by atoms with E-state index in [0.29, 0.717) is 24.3 Å². The molecule has 1 aromatic heterocycles. The van der Waals surface area contributed by atoms with Gasteiger partial charge in [-0.1, -0.05) is 12.1 Å². The minimum atomic E-state index is -0.498. The third-order valence-electron chi connectivity index (χ3n) is 4.25. The number of benzene rings is 2. The van der Waals surface area contributed by atoms with Crippen LogP contribution in [0.2, 0.25) is 0 Å². The van der Waals surface area contributed by atoms with Gasteiger partial charge in [-0.2, -0.15) is 5.26 Å². The first kappa shape index (κ1) is 20.7. The van der Waals surface area contributed by atoms with Crippen LogP contribution < -0.4 is 9.47 Å². The minimum Gasteiger partial charge on any atom is -0.507 e. The Morgan fingerprint density at radius 1 is 1.17 bits per heavy atom. The predicted molar refractivity (Wildman–Crippen MR) is 110 cm³/mol. The van der Waals surface area contributed by atoms with Crippen LogP contribution in [0.1, 0.15) is 18.7 Å². The van der Waals surface area contributed by atoms with Crippen molar-refractivity contribution in [1.82, 2.24) is 9.97 Å². The lowest BCUT2D eigenvalue weighted by Gasteiger charge is -2.08. The quantitative estimate of drug-likeness (QED) is 0.240. The van der Waals surface area contributed by atoms with E-state index in [1.165, 1.54) is 0 Å². The summed E-state index contributed by atoms with van der Waals surface area (Å²) < 4.78 is 15.7. The van der Waals surface area contributed by atoms with Gasteiger partial charge in [0.05, 0.1) is 24.8 Å². The Kier molecular flexibility index (Phi) is 6.90. The monoisotopic (exact) mass is 407 g/mol. The van der Waals surface area contributed by atoms with Crippen LogP contribution in [0.5, 0.6) is 11.5 Å². The van der Waals surface area contributed by atoms with E-state index in [0.717, 1.165) is 11.3 Å². The first-order chi connectivity index (χ1) is 14.6. The van der Waals surface area contributed by atoms with Crippen LogP contribution in [0.3, 0.4) is 0 Å². The molecule has 0 radical (unpaired) electrons. The molecule has 0 saturated carbocycles. The van der Waals surface area contributed by atoms with Gasteiger partial charge in [0.25, 0.3) is 0 Å². The molecule has 154 valence electrons. The summed E-state index contributed by atoms with van der Waals surface area (Å²) >= 11 is 0. The molecule has 2 aromatic carbocycles. The zero-order chi connectivity index (χ0) is 21.3. The highest BCUT2D eigenvalue weighted by molar-refractivity contribution is 5.83. The van der Waals surface area contributed by atoms with Crippen molar-refractivity contribution in [2.45, 2.75) is 12.8 Å². The average Bonchev–Trinajstić information content (AvgIpc) is 3.20. The number of fused-ring (bicyclic) bond motifs is 1. The Morgan fingerprint density at radius 2 is 1.90 bits per heavy atom. The highest BCUT2D eigenvalue weighted by atomic mass is 16.5. The number of allylic oxidation sites excluding steroid dienone is 1. The molecule has 0 unspecified atom stereocenters. The van der Waals surface area contributed by atoms with Gasteiger partial charge in [0.2, 0.25) is 0 Å². The summed E-state index contributed by atoms with van der Waals surface area (Å²) in [7, 11) is 1.59. The summed E-state index contributed by atoms with van der Waals surface area (Å²) in [5.74, 6) is 0.772. The van der Waals surface area contributed by atoms with Gasteiger partial charge in [-0.25, -0.2) is 4.98 Å². The number of hydrogen-bond donors (Lipinski definition) is 2. The molecule has 0 bridgehead atoms. The standard InChI is InChI=1S/C22H21N3O5/c1-28-15-8-10-16(11-9-15)29-12-4-7-21(27)30-14-20(26)17(13-23)22-24-18-5-2-3-6-19(18)25-22/h2-3,5-6,8-11,26H,4,7,12,14H2,1H3,(H,24,25). The van der Waals surface area contributed by atoms with Crippen LogP contribution in [0.25, 0.3) is 16.6 Å². The Bertz CT molecular complexity index is 1050. The third kappa shape index (κ3) is 5.29. The van der Waals surface area contributed by atoms with E-state index in [4.69, 9.17) is 14.2 Å². The van der Waals surface area contributed by atoms with Gasteiger partial charge in [-0.15, -0.1) is 0 Å². The smallest absolute Gasteiger partial charge is 0.306 e. The number of nitrogens with zero attached hydrogens (tertiary/aromatic N) is 2. The number of esters is 1. The summed E-state index contributed by atoms with van der Waals surface area (Å²) in [6, 6.07) is 16.3. The first-order valence-electron chi connectivity index (χ1n) is 9.30. The molecule has 8 nitrogen and oxygen atoms in total. The number of imidazole rings is 1. The van der Waals surface area contributed by atoms with Gasteiger partial charge in [0.1, 0.15) is 29.7 Å². The zero-order valence-electron chi connectivity index (χ0n) is 16.4. The van der Waals surface area contributed by atoms with E-state index in [1.807, 2.05) is 24.3 Å². The Labute approximate surface area is 173 Å². The van der Waals surface area contributed by atoms with Gasteiger partial charge in [0, 0.05) is 6.42 Å². The van der Waals surface area contributed by atoms with E-state index in [9.17, 15) is 15.2 Å². The molecular weight excluding hydrogens is 386 g/mol. The molecule has 1 heterocycles. The van der Waals surface area contributed by atoms with Crippen LogP contribution in [0, 0.1) is 11.3 Å². The molecule has 0 amide bonds. The lowest BCUT2D eigenvalue weighted by molar-refractivity contribution is -0.143. The van der Waals surface area contributed by atoms with Crippen LogP contribution >= 0.6 is 0 Å². The number of aliphatic hydroxyl groups excluding tert-OH is 1. The zero-order valence-corrected chi connectivity index (χ0v) is 16.4. The largest absolute Gasteiger partial charge is 0.507 e.